The summed E-state index contributed by atoms with van der Waals surface area (Å²) in [5.74, 6) is -1.40. The maximum atomic E-state index is 12.7. The number of amides is 1. The minimum absolute atomic E-state index is 0.231. The van der Waals surface area contributed by atoms with E-state index in [9.17, 15) is 34.8 Å². The molecule has 2 rings (SSSR count). The molecule has 3 N–H and O–H groups in total. The molecular weight excluding hydrogens is 423 g/mol. The largest absolute Gasteiger partial charge is 0.501 e. The molecule has 0 bridgehead atoms. The summed E-state index contributed by atoms with van der Waals surface area (Å²) in [5, 5.41) is 2.10. The molecule has 0 spiro atoms. The number of hydrogen-bond donors (Lipinski definition) is 2. The molecule has 0 aliphatic carbocycles. The first-order valence-corrected chi connectivity index (χ1v) is 10.6. The van der Waals surface area contributed by atoms with Crippen molar-refractivity contribution in [3.05, 3.63) is 42.2 Å². The molecule has 13 heteroatoms. The number of halogens is 3. The van der Waals surface area contributed by atoms with Crippen LogP contribution in [0.5, 0.6) is 0 Å². The van der Waals surface area contributed by atoms with Gasteiger partial charge < -0.3 is 11.1 Å². The van der Waals surface area contributed by atoms with E-state index in [0.717, 1.165) is 18.3 Å². The Kier molecular flexibility index (Phi) is 5.71. The molecule has 8 nitrogen and oxygen atoms in total. The van der Waals surface area contributed by atoms with Gasteiger partial charge in [0.25, 0.3) is 15.7 Å². The summed E-state index contributed by atoms with van der Waals surface area (Å²) in [5.41, 5.74) is -1.14. The molecular formula is C15H14F3N3O5S2. The highest BCUT2D eigenvalue weighted by atomic mass is 32.2. The summed E-state index contributed by atoms with van der Waals surface area (Å²) in [6.07, 6.45) is 1.15. The fraction of sp³-hybridized carbons (Fsp3) is 0.200. The van der Waals surface area contributed by atoms with Crippen LogP contribution in [0.15, 0.2) is 46.3 Å². The molecule has 0 fully saturated rings. The lowest BCUT2D eigenvalue weighted by atomic mass is 10.2. The second kappa shape index (κ2) is 7.39. The van der Waals surface area contributed by atoms with E-state index in [-0.39, 0.29) is 16.3 Å². The zero-order chi connectivity index (χ0) is 21.3. The first-order valence-electron chi connectivity index (χ1n) is 7.51. The number of nitrogens with zero attached hydrogens (tertiary/aromatic N) is 1. The van der Waals surface area contributed by atoms with Gasteiger partial charge in [-0.3, -0.25) is 4.79 Å². The highest BCUT2D eigenvalue weighted by Gasteiger charge is 2.47. The predicted octanol–water partition coefficient (Wildman–Crippen LogP) is 2.00. The Morgan fingerprint density at radius 1 is 1.18 bits per heavy atom. The van der Waals surface area contributed by atoms with Crippen molar-refractivity contribution in [3.8, 4) is 0 Å². The molecule has 1 aromatic heterocycles. The number of rotatable bonds is 5. The number of carbonyl (C=O) groups is 1. The van der Waals surface area contributed by atoms with Crippen molar-refractivity contribution in [2.45, 2.75) is 22.2 Å². The number of hydrogen-bond acceptors (Lipinski definition) is 7. The second-order valence-corrected chi connectivity index (χ2v) is 9.59. The molecule has 0 saturated heterocycles. The summed E-state index contributed by atoms with van der Waals surface area (Å²) >= 11 is 0. The van der Waals surface area contributed by atoms with E-state index < -0.39 is 47.4 Å². The minimum atomic E-state index is -5.67. The van der Waals surface area contributed by atoms with E-state index in [0.29, 0.717) is 12.1 Å². The smallest absolute Gasteiger partial charge is 0.397 e. The lowest BCUT2D eigenvalue weighted by Crippen LogP contribution is -2.24. The zero-order valence-electron chi connectivity index (χ0n) is 14.2. The third kappa shape index (κ3) is 4.09. The highest BCUT2D eigenvalue weighted by Crippen LogP contribution is 2.33. The topological polar surface area (TPSA) is 136 Å². The zero-order valence-corrected chi connectivity index (χ0v) is 15.8. The number of sulfone groups is 2. The molecule has 1 heterocycles. The van der Waals surface area contributed by atoms with E-state index in [1.54, 1.807) is 0 Å². The Labute approximate surface area is 158 Å². The molecule has 0 radical (unpaired) electrons. The van der Waals surface area contributed by atoms with Crippen molar-refractivity contribution >= 4 is 37.0 Å². The van der Waals surface area contributed by atoms with Crippen LogP contribution in [0, 0.1) is 0 Å². The van der Waals surface area contributed by atoms with E-state index in [2.05, 4.69) is 10.3 Å². The van der Waals surface area contributed by atoms with E-state index >= 15 is 0 Å². The maximum Gasteiger partial charge on any atom is 0.501 e. The van der Waals surface area contributed by atoms with Gasteiger partial charge in [0.15, 0.2) is 9.84 Å². The van der Waals surface area contributed by atoms with Crippen LogP contribution in [0.3, 0.4) is 0 Å². The van der Waals surface area contributed by atoms with E-state index in [1.165, 1.54) is 13.0 Å². The van der Waals surface area contributed by atoms with Gasteiger partial charge in [0.2, 0.25) is 0 Å². The van der Waals surface area contributed by atoms with Gasteiger partial charge >= 0.3 is 5.51 Å². The number of alkyl halides is 3. The predicted molar refractivity (Wildman–Crippen MR) is 94.0 cm³/mol. The number of pyridine rings is 1. The molecule has 152 valence electrons. The molecule has 0 unspecified atom stereocenters. The van der Waals surface area contributed by atoms with Gasteiger partial charge in [-0.1, -0.05) is 6.92 Å². The number of nitrogens with two attached hydrogens (primary N) is 1. The Bertz CT molecular complexity index is 1130. The molecule has 0 saturated carbocycles. The number of anilines is 2. The van der Waals surface area contributed by atoms with Gasteiger partial charge in [0.1, 0.15) is 5.69 Å². The van der Waals surface area contributed by atoms with Gasteiger partial charge in [-0.15, -0.1) is 0 Å². The lowest BCUT2D eigenvalue weighted by molar-refractivity contribution is -0.0436. The second-order valence-electron chi connectivity index (χ2n) is 5.41. The van der Waals surface area contributed by atoms with E-state index in [4.69, 9.17) is 5.73 Å². The molecule has 0 aliphatic rings. The van der Waals surface area contributed by atoms with Crippen molar-refractivity contribution in [1.29, 1.82) is 0 Å². The van der Waals surface area contributed by atoms with Crippen molar-refractivity contribution in [1.82, 2.24) is 4.98 Å². The van der Waals surface area contributed by atoms with Crippen molar-refractivity contribution < 1.29 is 34.8 Å². The average molecular weight is 437 g/mol. The van der Waals surface area contributed by atoms with Gasteiger partial charge in [-0.2, -0.15) is 13.2 Å². The van der Waals surface area contributed by atoms with E-state index in [1.807, 2.05) is 0 Å². The summed E-state index contributed by atoms with van der Waals surface area (Å²) in [6, 6.07) is 4.49. The fourth-order valence-corrected chi connectivity index (χ4v) is 3.92. The molecule has 28 heavy (non-hydrogen) atoms. The van der Waals surface area contributed by atoms with Gasteiger partial charge in [0.05, 0.1) is 26.9 Å². The Morgan fingerprint density at radius 2 is 1.82 bits per heavy atom. The Morgan fingerprint density at radius 3 is 2.39 bits per heavy atom. The third-order valence-electron chi connectivity index (χ3n) is 3.59. The highest BCUT2D eigenvalue weighted by molar-refractivity contribution is 7.92. The monoisotopic (exact) mass is 437 g/mol. The third-order valence-corrected chi connectivity index (χ3v) is 6.83. The van der Waals surface area contributed by atoms with Crippen LogP contribution in [-0.4, -0.2) is 39.0 Å². The first kappa shape index (κ1) is 21.6. The van der Waals surface area contributed by atoms with Crippen LogP contribution in [-0.2, 0) is 19.7 Å². The average Bonchev–Trinajstić information content (AvgIpc) is 2.62. The molecule has 1 aromatic carbocycles. The molecule has 1 amide bonds. The standard InChI is InChI=1S/C15H14F3N3O5S2/c1-2-27(23,24)12-4-3-7-20-13(12)14(22)21-11-8-9(5-6-10(11)19)28(25,26)15(16,17)18/h3-8H,2,19H2,1H3,(H,21,22). The lowest BCUT2D eigenvalue weighted by Gasteiger charge is -2.13. The summed E-state index contributed by atoms with van der Waals surface area (Å²) < 4.78 is 85.4. The first-order chi connectivity index (χ1) is 12.8. The van der Waals surface area contributed by atoms with Crippen molar-refractivity contribution in [2.75, 3.05) is 16.8 Å². The normalized spacial score (nSPS) is 12.6. The summed E-state index contributed by atoms with van der Waals surface area (Å²) in [6.45, 7) is 1.35. The van der Waals surface area contributed by atoms with Crippen LogP contribution in [0.1, 0.15) is 17.4 Å². The van der Waals surface area contributed by atoms with Gasteiger partial charge in [-0.25, -0.2) is 21.8 Å². The van der Waals surface area contributed by atoms with Crippen LogP contribution in [0.4, 0.5) is 24.5 Å². The van der Waals surface area contributed by atoms with Crippen LogP contribution in [0.2, 0.25) is 0 Å². The Balaban J connectivity index is 2.49. The fourth-order valence-electron chi connectivity index (χ4n) is 2.09. The molecule has 0 aliphatic heterocycles. The quantitative estimate of drug-likeness (QED) is 0.683. The summed E-state index contributed by atoms with van der Waals surface area (Å²) in [7, 11) is -9.50. The number of nitrogen functional groups attached to an aromatic ring is 1. The molecule has 2 aromatic rings. The van der Waals surface area contributed by atoms with Crippen molar-refractivity contribution in [2.24, 2.45) is 0 Å². The number of aromatic nitrogens is 1. The van der Waals surface area contributed by atoms with Crippen LogP contribution >= 0.6 is 0 Å². The van der Waals surface area contributed by atoms with Crippen molar-refractivity contribution in [3.63, 3.8) is 0 Å². The SMILES string of the molecule is CCS(=O)(=O)c1cccnc1C(=O)Nc1cc(S(=O)(=O)C(F)(F)F)ccc1N. The number of carbonyl (C=O) groups excluding carboxylic acids is 1. The number of nitrogens with one attached hydrogen (secondary N) is 1. The summed E-state index contributed by atoms with van der Waals surface area (Å²) in [4.78, 5) is 14.6. The van der Waals surface area contributed by atoms with Gasteiger partial charge in [-0.05, 0) is 30.3 Å². The molecule has 0 atom stereocenters. The Hall–Kier alpha value is -2.67. The van der Waals surface area contributed by atoms with Gasteiger partial charge in [0, 0.05) is 6.20 Å². The van der Waals surface area contributed by atoms with Crippen LogP contribution < -0.4 is 11.1 Å². The van der Waals surface area contributed by atoms with Crippen LogP contribution in [0.25, 0.3) is 0 Å². The maximum absolute atomic E-state index is 12.7. The minimum Gasteiger partial charge on any atom is -0.397 e. The number of benzene rings is 1.